The van der Waals surface area contributed by atoms with Crippen LogP contribution >= 0.6 is 27.7 Å². The molecule has 21 heavy (non-hydrogen) atoms. The third-order valence-electron chi connectivity index (χ3n) is 2.96. The Balaban J connectivity index is 2.53. The average molecular weight is 366 g/mol. The number of halogens is 1. The predicted octanol–water partition coefficient (Wildman–Crippen LogP) is 4.13. The lowest BCUT2D eigenvalue weighted by Crippen LogP contribution is -2.18. The number of hydroxylamine groups is 1. The molecule has 0 amide bonds. The van der Waals surface area contributed by atoms with Gasteiger partial charge in [-0.15, -0.1) is 0 Å². The molecule has 0 N–H and O–H groups in total. The number of ether oxygens (including phenoxy) is 1. The van der Waals surface area contributed by atoms with Gasteiger partial charge < -0.3 is 9.94 Å². The van der Waals surface area contributed by atoms with E-state index in [4.69, 9.17) is 4.74 Å². The molecule has 0 fully saturated rings. The van der Waals surface area contributed by atoms with Crippen LogP contribution < -0.4 is 4.74 Å². The molecule has 0 aliphatic rings. The number of benzene rings is 2. The zero-order chi connectivity index (χ0) is 15.2. The van der Waals surface area contributed by atoms with Crippen LogP contribution in [0.25, 0.3) is 0 Å². The van der Waals surface area contributed by atoms with Crippen LogP contribution in [0.4, 0.5) is 0 Å². The summed E-state index contributed by atoms with van der Waals surface area (Å²) in [5.41, 5.74) is 2.42. The number of methoxy groups -OCH3 is 1. The highest BCUT2D eigenvalue weighted by atomic mass is 79.9. The molecule has 0 aliphatic heterocycles. The van der Waals surface area contributed by atoms with Crippen LogP contribution in [0.2, 0.25) is 0 Å². The summed E-state index contributed by atoms with van der Waals surface area (Å²) in [4.78, 5) is 0. The first kappa shape index (κ1) is 15.9. The molecule has 3 nitrogen and oxygen atoms in total. The molecule has 0 atom stereocenters. The van der Waals surface area contributed by atoms with Crippen LogP contribution in [-0.2, 0) is 0 Å². The van der Waals surface area contributed by atoms with Crippen molar-refractivity contribution in [2.75, 3.05) is 19.2 Å². The molecular formula is C16H16BrNO2S. The van der Waals surface area contributed by atoms with E-state index in [0.29, 0.717) is 11.6 Å². The van der Waals surface area contributed by atoms with E-state index < -0.39 is 0 Å². The summed E-state index contributed by atoms with van der Waals surface area (Å²) in [5, 5.41) is 12.4. The Bertz CT molecular complexity index is 641. The first-order valence-electron chi connectivity index (χ1n) is 6.36. The molecule has 0 saturated heterocycles. The Morgan fingerprint density at radius 3 is 2.48 bits per heavy atom. The van der Waals surface area contributed by atoms with E-state index in [1.165, 1.54) is 11.8 Å². The van der Waals surface area contributed by atoms with Gasteiger partial charge in [0.1, 0.15) is 5.75 Å². The fraction of sp³-hybridized carbons (Fsp3) is 0.188. The van der Waals surface area contributed by atoms with E-state index in [1.54, 1.807) is 7.11 Å². The van der Waals surface area contributed by atoms with Gasteiger partial charge in [0.25, 0.3) is 0 Å². The molecule has 5 heteroatoms. The lowest BCUT2D eigenvalue weighted by Gasteiger charge is -2.11. The maximum atomic E-state index is 12.4. The Hall–Kier alpha value is -1.46. The summed E-state index contributed by atoms with van der Waals surface area (Å²) in [6.07, 6.45) is 1.91. The first-order valence-corrected chi connectivity index (χ1v) is 8.55. The number of rotatable bonds is 5. The molecule has 0 spiro atoms. The maximum absolute atomic E-state index is 12.4. The van der Waals surface area contributed by atoms with Gasteiger partial charge in [-0.2, -0.15) is 4.74 Å². The van der Waals surface area contributed by atoms with Gasteiger partial charge in [0.05, 0.1) is 7.11 Å². The summed E-state index contributed by atoms with van der Waals surface area (Å²) in [6, 6.07) is 15.3. The van der Waals surface area contributed by atoms with Crippen LogP contribution in [0.1, 0.15) is 11.1 Å². The number of hydrogen-bond donors (Lipinski definition) is 0. The van der Waals surface area contributed by atoms with Crippen LogP contribution in [0.3, 0.4) is 0 Å². The fourth-order valence-electron chi connectivity index (χ4n) is 2.02. The normalized spacial score (nSPS) is 12.0. The molecule has 0 saturated carbocycles. The third kappa shape index (κ3) is 4.02. The van der Waals surface area contributed by atoms with Gasteiger partial charge in [-0.25, -0.2) is 0 Å². The highest BCUT2D eigenvalue weighted by Crippen LogP contribution is 2.19. The minimum absolute atomic E-state index is 0.383. The van der Waals surface area contributed by atoms with Crippen molar-refractivity contribution in [3.63, 3.8) is 0 Å². The number of nitrogens with zero attached hydrogens (tertiary/aromatic N) is 1. The van der Waals surface area contributed by atoms with E-state index in [9.17, 15) is 5.21 Å². The van der Waals surface area contributed by atoms with Gasteiger partial charge >= 0.3 is 0 Å². The molecule has 0 unspecified atom stereocenters. The van der Waals surface area contributed by atoms with Crippen molar-refractivity contribution in [3.05, 3.63) is 69.3 Å². The van der Waals surface area contributed by atoms with Gasteiger partial charge in [-0.05, 0) is 48.7 Å². The standard InChI is InChI=1S/C16H16BrNO2S/c1-20-15-8-6-12(7-9-15)16(18(19)11-21-2)13-4-3-5-14(17)10-13/h3-10H,11H2,1-2H3/b18-16-. The Labute approximate surface area is 137 Å². The van der Waals surface area contributed by atoms with E-state index in [-0.39, 0.29) is 0 Å². The number of thioether (sulfide) groups is 1. The molecular weight excluding hydrogens is 350 g/mol. The fourth-order valence-corrected chi connectivity index (χ4v) is 2.78. The van der Waals surface area contributed by atoms with Gasteiger partial charge in [0.15, 0.2) is 5.88 Å². The second-order valence-corrected chi connectivity index (χ2v) is 6.13. The lowest BCUT2D eigenvalue weighted by molar-refractivity contribution is -0.432. The second-order valence-electron chi connectivity index (χ2n) is 4.38. The van der Waals surface area contributed by atoms with Gasteiger partial charge in [-0.3, -0.25) is 0 Å². The van der Waals surface area contributed by atoms with Crippen LogP contribution in [0.15, 0.2) is 53.0 Å². The largest absolute Gasteiger partial charge is 0.623 e. The summed E-state index contributed by atoms with van der Waals surface area (Å²) in [6.45, 7) is 0. The minimum atomic E-state index is 0.383. The Morgan fingerprint density at radius 1 is 1.19 bits per heavy atom. The van der Waals surface area contributed by atoms with Crippen molar-refractivity contribution in [2.24, 2.45) is 0 Å². The molecule has 0 bridgehead atoms. The Kier molecular flexibility index (Phi) is 5.70. The topological polar surface area (TPSA) is 35.3 Å². The molecule has 110 valence electrons. The van der Waals surface area contributed by atoms with Crippen molar-refractivity contribution in [2.45, 2.75) is 0 Å². The quantitative estimate of drug-likeness (QED) is 0.263. The molecule has 0 heterocycles. The summed E-state index contributed by atoms with van der Waals surface area (Å²) in [7, 11) is 1.63. The summed E-state index contributed by atoms with van der Waals surface area (Å²) in [5.74, 6) is 1.16. The van der Waals surface area contributed by atoms with Crippen molar-refractivity contribution < 1.29 is 9.48 Å². The zero-order valence-corrected chi connectivity index (χ0v) is 14.3. The van der Waals surface area contributed by atoms with Crippen molar-refractivity contribution in [3.8, 4) is 5.75 Å². The van der Waals surface area contributed by atoms with Gasteiger partial charge in [0.2, 0.25) is 5.71 Å². The highest BCUT2D eigenvalue weighted by molar-refractivity contribution is 9.10. The molecule has 0 radical (unpaired) electrons. The SMILES string of the molecule is COc1ccc(/C(c2cccc(Br)c2)=[N+](/[O-])CSC)cc1. The van der Waals surface area contributed by atoms with E-state index in [1.807, 2.05) is 54.8 Å². The average Bonchev–Trinajstić information content (AvgIpc) is 2.48. The summed E-state index contributed by atoms with van der Waals surface area (Å²) >= 11 is 4.95. The van der Waals surface area contributed by atoms with Crippen molar-refractivity contribution >= 4 is 33.4 Å². The van der Waals surface area contributed by atoms with E-state index in [0.717, 1.165) is 26.1 Å². The first-order chi connectivity index (χ1) is 10.2. The monoisotopic (exact) mass is 365 g/mol. The third-order valence-corrected chi connectivity index (χ3v) is 3.94. The molecule has 0 aliphatic carbocycles. The van der Waals surface area contributed by atoms with E-state index >= 15 is 0 Å². The molecule has 2 aromatic rings. The van der Waals surface area contributed by atoms with Crippen molar-refractivity contribution in [1.82, 2.24) is 0 Å². The Morgan fingerprint density at radius 2 is 1.90 bits per heavy atom. The summed E-state index contributed by atoms with van der Waals surface area (Å²) < 4.78 is 7.14. The molecule has 0 aromatic heterocycles. The van der Waals surface area contributed by atoms with E-state index in [2.05, 4.69) is 15.9 Å². The number of hydrogen-bond acceptors (Lipinski definition) is 3. The molecule has 2 rings (SSSR count). The van der Waals surface area contributed by atoms with Crippen LogP contribution in [0.5, 0.6) is 5.75 Å². The maximum Gasteiger partial charge on any atom is 0.226 e. The zero-order valence-electron chi connectivity index (χ0n) is 11.9. The van der Waals surface area contributed by atoms with Gasteiger partial charge in [-0.1, -0.05) is 33.8 Å². The molecule has 2 aromatic carbocycles. The highest BCUT2D eigenvalue weighted by Gasteiger charge is 2.16. The van der Waals surface area contributed by atoms with Crippen molar-refractivity contribution in [1.29, 1.82) is 0 Å². The predicted molar refractivity (Wildman–Crippen MR) is 92.4 cm³/mol. The smallest absolute Gasteiger partial charge is 0.226 e. The lowest BCUT2D eigenvalue weighted by atomic mass is 10.0. The van der Waals surface area contributed by atoms with Crippen LogP contribution in [0, 0.1) is 5.21 Å². The van der Waals surface area contributed by atoms with Crippen LogP contribution in [-0.4, -0.2) is 29.7 Å². The second kappa shape index (κ2) is 7.52. The minimum Gasteiger partial charge on any atom is -0.623 e. The van der Waals surface area contributed by atoms with Gasteiger partial charge in [0, 0.05) is 15.6 Å².